The van der Waals surface area contributed by atoms with Gasteiger partial charge in [0.25, 0.3) is 0 Å². The Labute approximate surface area is 120 Å². The number of nitrogens with zero attached hydrogens (tertiary/aromatic N) is 1. The maximum atomic E-state index is 11.5. The molecular weight excluding hydrogens is 248 g/mol. The molecule has 3 rings (SSSR count). The highest BCUT2D eigenvalue weighted by atomic mass is 16.1. The third-order valence-electron chi connectivity index (χ3n) is 4.72. The van der Waals surface area contributed by atoms with E-state index in [2.05, 4.69) is 17.5 Å². The van der Waals surface area contributed by atoms with Crippen LogP contribution >= 0.6 is 0 Å². The summed E-state index contributed by atoms with van der Waals surface area (Å²) in [5, 5.41) is 3.59. The summed E-state index contributed by atoms with van der Waals surface area (Å²) in [5.74, 6) is 2.58. The van der Waals surface area contributed by atoms with E-state index in [1.165, 1.54) is 12.8 Å². The van der Waals surface area contributed by atoms with E-state index in [0.29, 0.717) is 0 Å². The zero-order valence-electron chi connectivity index (χ0n) is 12.0. The standard InChI is InChI=1S/C17H24N2O/c20-17-5-1-3-9-19(17)10-4-2-8-18-13-16-12-14-6-7-15(16)11-14/h1,3,5-7,9,14-16,18H,2,4,8,10-13H2. The minimum Gasteiger partial charge on any atom is -0.316 e. The molecule has 0 saturated heterocycles. The smallest absolute Gasteiger partial charge is 0.250 e. The van der Waals surface area contributed by atoms with Crippen molar-refractivity contribution < 1.29 is 0 Å². The third kappa shape index (κ3) is 3.21. The molecule has 0 aliphatic heterocycles. The van der Waals surface area contributed by atoms with E-state index in [4.69, 9.17) is 0 Å². The number of nitrogens with one attached hydrogen (secondary N) is 1. The van der Waals surface area contributed by atoms with Crippen LogP contribution in [0.25, 0.3) is 0 Å². The molecule has 2 aliphatic rings. The molecule has 1 heterocycles. The number of fused-ring (bicyclic) bond motifs is 2. The highest BCUT2D eigenvalue weighted by Crippen LogP contribution is 2.42. The number of hydrogen-bond acceptors (Lipinski definition) is 2. The highest BCUT2D eigenvalue weighted by molar-refractivity contribution is 5.10. The number of rotatable bonds is 7. The molecule has 0 amide bonds. The van der Waals surface area contributed by atoms with Gasteiger partial charge in [-0.15, -0.1) is 0 Å². The van der Waals surface area contributed by atoms with Gasteiger partial charge < -0.3 is 9.88 Å². The first-order chi connectivity index (χ1) is 9.83. The summed E-state index contributed by atoms with van der Waals surface area (Å²) in [5.41, 5.74) is 0.106. The minimum absolute atomic E-state index is 0.106. The lowest BCUT2D eigenvalue weighted by Gasteiger charge is -2.18. The molecule has 20 heavy (non-hydrogen) atoms. The molecule has 2 bridgehead atoms. The maximum absolute atomic E-state index is 11.5. The van der Waals surface area contributed by atoms with Gasteiger partial charge in [-0.2, -0.15) is 0 Å². The van der Waals surface area contributed by atoms with Crippen LogP contribution in [-0.4, -0.2) is 17.7 Å². The summed E-state index contributed by atoms with van der Waals surface area (Å²) in [6.07, 6.45) is 11.7. The van der Waals surface area contributed by atoms with Crippen molar-refractivity contribution in [1.82, 2.24) is 9.88 Å². The van der Waals surface area contributed by atoms with Crippen molar-refractivity contribution in [3.63, 3.8) is 0 Å². The molecule has 1 aromatic heterocycles. The van der Waals surface area contributed by atoms with Crippen LogP contribution in [-0.2, 0) is 6.54 Å². The van der Waals surface area contributed by atoms with Crippen LogP contribution in [0.2, 0.25) is 0 Å². The first-order valence-electron chi connectivity index (χ1n) is 7.87. The van der Waals surface area contributed by atoms with Gasteiger partial charge in [0.15, 0.2) is 0 Å². The Kier molecular flexibility index (Phi) is 4.36. The van der Waals surface area contributed by atoms with Crippen LogP contribution in [0.3, 0.4) is 0 Å². The first kappa shape index (κ1) is 13.6. The lowest BCUT2D eigenvalue weighted by Crippen LogP contribution is -2.26. The average molecular weight is 272 g/mol. The Balaban J connectivity index is 1.29. The number of aryl methyl sites for hydroxylation is 1. The summed E-state index contributed by atoms with van der Waals surface area (Å²) >= 11 is 0. The molecule has 1 aromatic rings. The zero-order valence-corrected chi connectivity index (χ0v) is 12.0. The number of unbranched alkanes of at least 4 members (excludes halogenated alkanes) is 1. The summed E-state index contributed by atoms with van der Waals surface area (Å²) in [6.45, 7) is 3.06. The van der Waals surface area contributed by atoms with Crippen LogP contribution in [0.1, 0.15) is 25.7 Å². The van der Waals surface area contributed by atoms with E-state index in [9.17, 15) is 4.79 Å². The number of allylic oxidation sites excluding steroid dienone is 2. The SMILES string of the molecule is O=c1ccccn1CCCCNCC1CC2C=CC1C2. The number of pyridine rings is 1. The van der Waals surface area contributed by atoms with Crippen molar-refractivity contribution in [3.05, 3.63) is 46.9 Å². The molecule has 108 valence electrons. The lowest BCUT2D eigenvalue weighted by atomic mass is 9.93. The van der Waals surface area contributed by atoms with Gasteiger partial charge in [0.05, 0.1) is 0 Å². The quantitative estimate of drug-likeness (QED) is 0.611. The minimum atomic E-state index is 0.106. The fraction of sp³-hybridized carbons (Fsp3) is 0.588. The molecule has 1 fully saturated rings. The second kappa shape index (κ2) is 6.40. The second-order valence-corrected chi connectivity index (χ2v) is 6.18. The summed E-state index contributed by atoms with van der Waals surface area (Å²) in [6, 6.07) is 5.34. The predicted molar refractivity (Wildman–Crippen MR) is 81.6 cm³/mol. The van der Waals surface area contributed by atoms with Gasteiger partial charge in [-0.3, -0.25) is 4.79 Å². The molecule has 0 radical (unpaired) electrons. The Morgan fingerprint density at radius 2 is 2.15 bits per heavy atom. The fourth-order valence-corrected chi connectivity index (χ4v) is 3.59. The maximum Gasteiger partial charge on any atom is 0.250 e. The van der Waals surface area contributed by atoms with Crippen LogP contribution in [0.15, 0.2) is 41.3 Å². The molecule has 0 aromatic carbocycles. The Bertz CT molecular complexity index is 520. The number of aromatic nitrogens is 1. The van der Waals surface area contributed by atoms with Crippen molar-refractivity contribution in [2.24, 2.45) is 17.8 Å². The molecule has 3 nitrogen and oxygen atoms in total. The fourth-order valence-electron chi connectivity index (χ4n) is 3.59. The van der Waals surface area contributed by atoms with Crippen molar-refractivity contribution >= 4 is 0 Å². The molecule has 3 heteroatoms. The molecular formula is C17H24N2O. The molecule has 1 N–H and O–H groups in total. The van der Waals surface area contributed by atoms with E-state index >= 15 is 0 Å². The van der Waals surface area contributed by atoms with Gasteiger partial charge >= 0.3 is 0 Å². The topological polar surface area (TPSA) is 34.0 Å². The van der Waals surface area contributed by atoms with Gasteiger partial charge in [0.2, 0.25) is 5.56 Å². The van der Waals surface area contributed by atoms with Gasteiger partial charge in [0, 0.05) is 18.8 Å². The second-order valence-electron chi connectivity index (χ2n) is 6.18. The van der Waals surface area contributed by atoms with Crippen molar-refractivity contribution in [2.75, 3.05) is 13.1 Å². The first-order valence-corrected chi connectivity index (χ1v) is 7.87. The molecule has 0 spiro atoms. The van der Waals surface area contributed by atoms with Crippen LogP contribution in [0.4, 0.5) is 0 Å². The largest absolute Gasteiger partial charge is 0.316 e. The molecule has 2 aliphatic carbocycles. The van der Waals surface area contributed by atoms with Crippen molar-refractivity contribution in [2.45, 2.75) is 32.2 Å². The normalized spacial score (nSPS) is 27.3. The Hall–Kier alpha value is -1.35. The van der Waals surface area contributed by atoms with Gasteiger partial charge in [-0.25, -0.2) is 0 Å². The van der Waals surface area contributed by atoms with Crippen LogP contribution in [0, 0.1) is 17.8 Å². The van der Waals surface area contributed by atoms with Crippen molar-refractivity contribution in [3.8, 4) is 0 Å². The van der Waals surface area contributed by atoms with Gasteiger partial charge in [-0.1, -0.05) is 18.2 Å². The monoisotopic (exact) mass is 272 g/mol. The summed E-state index contributed by atoms with van der Waals surface area (Å²) < 4.78 is 1.79. The molecule has 1 saturated carbocycles. The van der Waals surface area contributed by atoms with E-state index < -0.39 is 0 Å². The Morgan fingerprint density at radius 1 is 1.20 bits per heavy atom. The third-order valence-corrected chi connectivity index (χ3v) is 4.72. The number of hydrogen-bond donors (Lipinski definition) is 1. The van der Waals surface area contributed by atoms with E-state index in [1.54, 1.807) is 16.7 Å². The van der Waals surface area contributed by atoms with Crippen LogP contribution < -0.4 is 10.9 Å². The van der Waals surface area contributed by atoms with E-state index in [0.717, 1.165) is 50.2 Å². The van der Waals surface area contributed by atoms with E-state index in [1.807, 2.05) is 12.3 Å². The predicted octanol–water partition coefficient (Wildman–Crippen LogP) is 2.43. The van der Waals surface area contributed by atoms with Gasteiger partial charge in [0.1, 0.15) is 0 Å². The zero-order chi connectivity index (χ0) is 13.8. The van der Waals surface area contributed by atoms with Crippen molar-refractivity contribution in [1.29, 1.82) is 0 Å². The molecule has 3 unspecified atom stereocenters. The molecule has 3 atom stereocenters. The van der Waals surface area contributed by atoms with Gasteiger partial charge in [-0.05, 0) is 62.6 Å². The highest BCUT2D eigenvalue weighted by Gasteiger charge is 2.34. The summed E-state index contributed by atoms with van der Waals surface area (Å²) in [4.78, 5) is 11.5. The Morgan fingerprint density at radius 3 is 2.90 bits per heavy atom. The lowest BCUT2D eigenvalue weighted by molar-refractivity contribution is 0.410. The average Bonchev–Trinajstić information content (AvgIpc) is 3.07. The summed E-state index contributed by atoms with van der Waals surface area (Å²) in [7, 11) is 0. The van der Waals surface area contributed by atoms with E-state index in [-0.39, 0.29) is 5.56 Å². The van der Waals surface area contributed by atoms with Crippen LogP contribution in [0.5, 0.6) is 0 Å².